The van der Waals surface area contributed by atoms with Crippen LogP contribution < -0.4 is 5.32 Å². The van der Waals surface area contributed by atoms with Crippen molar-refractivity contribution in [1.29, 1.82) is 0 Å². The Kier molecular flexibility index (Phi) is 4.04. The molecule has 0 aliphatic rings. The van der Waals surface area contributed by atoms with E-state index in [9.17, 15) is 0 Å². The van der Waals surface area contributed by atoms with Crippen molar-refractivity contribution in [3.05, 3.63) is 29.8 Å². The first-order valence-corrected chi connectivity index (χ1v) is 6.28. The first-order valence-electron chi connectivity index (χ1n) is 6.28. The van der Waals surface area contributed by atoms with Gasteiger partial charge >= 0.3 is 0 Å². The Morgan fingerprint density at radius 2 is 2.17 bits per heavy atom. The standard InChI is InChI=1S/C13H19N5/c1-4-11-10(7-16-9(2)3)8-17-13(18-11)12-14-5-6-15-12/h5-6,8-9,16H,4,7H2,1-3H3,(H,14,15). The normalized spacial score (nSPS) is 11.1. The third-order valence-electron chi connectivity index (χ3n) is 2.70. The maximum absolute atomic E-state index is 4.57. The van der Waals surface area contributed by atoms with Gasteiger partial charge in [0.25, 0.3) is 0 Å². The first kappa shape index (κ1) is 12.7. The summed E-state index contributed by atoms with van der Waals surface area (Å²) in [6, 6.07) is 0.458. The fourth-order valence-corrected chi connectivity index (χ4v) is 1.71. The third-order valence-corrected chi connectivity index (χ3v) is 2.70. The van der Waals surface area contributed by atoms with Crippen molar-refractivity contribution < 1.29 is 0 Å². The van der Waals surface area contributed by atoms with Crippen LogP contribution >= 0.6 is 0 Å². The second-order valence-electron chi connectivity index (χ2n) is 4.49. The maximum atomic E-state index is 4.57. The van der Waals surface area contributed by atoms with Gasteiger partial charge in [-0.05, 0) is 6.42 Å². The van der Waals surface area contributed by atoms with Crippen molar-refractivity contribution in [3.8, 4) is 11.6 Å². The second kappa shape index (κ2) is 5.73. The van der Waals surface area contributed by atoms with Crippen LogP contribution in [0.15, 0.2) is 18.6 Å². The number of nitrogens with one attached hydrogen (secondary N) is 2. The van der Waals surface area contributed by atoms with Crippen LogP contribution in [0.25, 0.3) is 11.6 Å². The molecule has 96 valence electrons. The summed E-state index contributed by atoms with van der Waals surface area (Å²) in [5.41, 5.74) is 2.23. The van der Waals surface area contributed by atoms with E-state index in [1.165, 1.54) is 0 Å². The van der Waals surface area contributed by atoms with E-state index in [2.05, 4.69) is 46.0 Å². The van der Waals surface area contributed by atoms with Crippen LogP contribution in [0.4, 0.5) is 0 Å². The zero-order valence-electron chi connectivity index (χ0n) is 11.1. The minimum Gasteiger partial charge on any atom is -0.342 e. The maximum Gasteiger partial charge on any atom is 0.195 e. The number of H-pyrrole nitrogens is 1. The lowest BCUT2D eigenvalue weighted by Gasteiger charge is -2.11. The highest BCUT2D eigenvalue weighted by Gasteiger charge is 2.09. The molecular formula is C13H19N5. The van der Waals surface area contributed by atoms with Gasteiger partial charge in [-0.3, -0.25) is 0 Å². The molecule has 0 spiro atoms. The Morgan fingerprint density at radius 3 is 2.78 bits per heavy atom. The molecule has 0 fully saturated rings. The van der Waals surface area contributed by atoms with Gasteiger partial charge in [-0.1, -0.05) is 20.8 Å². The zero-order valence-corrected chi connectivity index (χ0v) is 11.1. The molecule has 2 aromatic rings. The van der Waals surface area contributed by atoms with Gasteiger partial charge in [0.15, 0.2) is 11.6 Å². The van der Waals surface area contributed by atoms with Gasteiger partial charge in [-0.25, -0.2) is 15.0 Å². The highest BCUT2D eigenvalue weighted by molar-refractivity contribution is 5.43. The predicted octanol–water partition coefficient (Wildman–Crippen LogP) is 1.93. The van der Waals surface area contributed by atoms with Gasteiger partial charge < -0.3 is 10.3 Å². The van der Waals surface area contributed by atoms with Gasteiger partial charge in [0, 0.05) is 42.4 Å². The molecule has 0 saturated heterocycles. The van der Waals surface area contributed by atoms with E-state index in [0.717, 1.165) is 24.2 Å². The van der Waals surface area contributed by atoms with E-state index >= 15 is 0 Å². The van der Waals surface area contributed by atoms with E-state index in [4.69, 9.17) is 0 Å². The van der Waals surface area contributed by atoms with Gasteiger partial charge in [0.2, 0.25) is 0 Å². The summed E-state index contributed by atoms with van der Waals surface area (Å²) in [7, 11) is 0. The van der Waals surface area contributed by atoms with Gasteiger partial charge in [-0.2, -0.15) is 0 Å². The SMILES string of the molecule is CCc1nc(-c2ncc[nH]2)ncc1CNC(C)C. The molecule has 5 heteroatoms. The molecule has 0 unspecified atom stereocenters. The van der Waals surface area contributed by atoms with Crippen molar-refractivity contribution in [3.63, 3.8) is 0 Å². The van der Waals surface area contributed by atoms with E-state index in [1.807, 2.05) is 6.20 Å². The molecule has 2 aromatic heterocycles. The van der Waals surface area contributed by atoms with Crippen molar-refractivity contribution in [2.24, 2.45) is 0 Å². The molecule has 2 heterocycles. The molecule has 0 atom stereocenters. The van der Waals surface area contributed by atoms with Crippen LogP contribution in [-0.2, 0) is 13.0 Å². The second-order valence-corrected chi connectivity index (χ2v) is 4.49. The van der Waals surface area contributed by atoms with Crippen LogP contribution in [-0.4, -0.2) is 26.0 Å². The van der Waals surface area contributed by atoms with Gasteiger partial charge in [0.1, 0.15) is 0 Å². The number of rotatable bonds is 5. The fraction of sp³-hybridized carbons (Fsp3) is 0.462. The molecule has 0 aliphatic carbocycles. The lowest BCUT2D eigenvalue weighted by molar-refractivity contribution is 0.583. The fourth-order valence-electron chi connectivity index (χ4n) is 1.71. The summed E-state index contributed by atoms with van der Waals surface area (Å²) in [5, 5.41) is 3.39. The molecule has 0 aliphatic heterocycles. The van der Waals surface area contributed by atoms with Crippen molar-refractivity contribution in [1.82, 2.24) is 25.3 Å². The predicted molar refractivity (Wildman–Crippen MR) is 71.0 cm³/mol. The summed E-state index contributed by atoms with van der Waals surface area (Å²) < 4.78 is 0. The molecule has 0 aromatic carbocycles. The van der Waals surface area contributed by atoms with E-state index in [-0.39, 0.29) is 0 Å². The third kappa shape index (κ3) is 2.92. The summed E-state index contributed by atoms with van der Waals surface area (Å²) in [5.74, 6) is 1.37. The number of aromatic nitrogens is 4. The zero-order chi connectivity index (χ0) is 13.0. The number of nitrogens with zero attached hydrogens (tertiary/aromatic N) is 3. The van der Waals surface area contributed by atoms with E-state index in [1.54, 1.807) is 12.4 Å². The molecule has 0 bridgehead atoms. The molecule has 0 saturated carbocycles. The van der Waals surface area contributed by atoms with Crippen LogP contribution in [0.3, 0.4) is 0 Å². The van der Waals surface area contributed by atoms with Gasteiger partial charge in [0.05, 0.1) is 0 Å². The Bertz CT molecular complexity index is 490. The lowest BCUT2D eigenvalue weighted by Crippen LogP contribution is -2.23. The summed E-state index contributed by atoms with van der Waals surface area (Å²) in [6.45, 7) is 7.17. The summed E-state index contributed by atoms with van der Waals surface area (Å²) >= 11 is 0. The smallest absolute Gasteiger partial charge is 0.195 e. The number of aromatic amines is 1. The Hall–Kier alpha value is -1.75. The average molecular weight is 245 g/mol. The summed E-state index contributed by atoms with van der Waals surface area (Å²) in [4.78, 5) is 16.1. The average Bonchev–Trinajstić information content (AvgIpc) is 2.90. The van der Waals surface area contributed by atoms with Crippen LogP contribution in [0.2, 0.25) is 0 Å². The molecule has 2 rings (SSSR count). The van der Waals surface area contributed by atoms with E-state index < -0.39 is 0 Å². The highest BCUT2D eigenvalue weighted by atomic mass is 15.0. The number of hydrogen-bond donors (Lipinski definition) is 2. The number of aryl methyl sites for hydroxylation is 1. The van der Waals surface area contributed by atoms with Crippen LogP contribution in [0, 0.1) is 0 Å². The molecule has 5 nitrogen and oxygen atoms in total. The Labute approximate surface area is 107 Å². The topological polar surface area (TPSA) is 66.5 Å². The summed E-state index contributed by atoms with van der Waals surface area (Å²) in [6.07, 6.45) is 6.27. The monoisotopic (exact) mass is 245 g/mol. The molecule has 18 heavy (non-hydrogen) atoms. The van der Waals surface area contributed by atoms with Crippen LogP contribution in [0.5, 0.6) is 0 Å². The minimum atomic E-state index is 0.458. The minimum absolute atomic E-state index is 0.458. The molecule has 0 amide bonds. The lowest BCUT2D eigenvalue weighted by atomic mass is 10.2. The quantitative estimate of drug-likeness (QED) is 0.844. The first-order chi connectivity index (χ1) is 8.70. The Morgan fingerprint density at radius 1 is 1.33 bits per heavy atom. The number of hydrogen-bond acceptors (Lipinski definition) is 4. The van der Waals surface area contributed by atoms with E-state index in [0.29, 0.717) is 17.7 Å². The molecule has 2 N–H and O–H groups in total. The van der Waals surface area contributed by atoms with Crippen molar-refractivity contribution in [2.45, 2.75) is 39.8 Å². The van der Waals surface area contributed by atoms with Crippen LogP contribution in [0.1, 0.15) is 32.0 Å². The van der Waals surface area contributed by atoms with Crippen molar-refractivity contribution in [2.75, 3.05) is 0 Å². The van der Waals surface area contributed by atoms with Crippen molar-refractivity contribution >= 4 is 0 Å². The molecule has 0 radical (unpaired) electrons. The van der Waals surface area contributed by atoms with Gasteiger partial charge in [-0.15, -0.1) is 0 Å². The number of imidazole rings is 1. The highest BCUT2D eigenvalue weighted by Crippen LogP contribution is 2.12. The molecular weight excluding hydrogens is 226 g/mol. The largest absolute Gasteiger partial charge is 0.342 e. The Balaban J connectivity index is 2.23.